The summed E-state index contributed by atoms with van der Waals surface area (Å²) in [4.78, 5) is 8.21. The molecule has 2 aromatic rings. The number of rotatable bonds is 3. The van der Waals surface area contributed by atoms with Gasteiger partial charge in [0.05, 0.1) is 0 Å². The van der Waals surface area contributed by atoms with Gasteiger partial charge in [-0.3, -0.25) is 0 Å². The minimum atomic E-state index is 0.562. The monoisotopic (exact) mass is 245 g/mol. The minimum absolute atomic E-state index is 0.562. The van der Waals surface area contributed by atoms with E-state index in [4.69, 9.17) is 5.73 Å². The lowest BCUT2D eigenvalue weighted by Gasteiger charge is -2.06. The van der Waals surface area contributed by atoms with Crippen molar-refractivity contribution in [3.63, 3.8) is 0 Å². The number of nitrogens with zero attached hydrogens (tertiary/aromatic N) is 2. The number of thioether (sulfide) groups is 1. The molecular formula is C13H15N3S. The molecule has 2 N–H and O–H groups in total. The van der Waals surface area contributed by atoms with Crippen molar-refractivity contribution in [1.82, 2.24) is 9.97 Å². The summed E-state index contributed by atoms with van der Waals surface area (Å²) in [7, 11) is 0. The van der Waals surface area contributed by atoms with E-state index in [1.165, 1.54) is 17.5 Å². The predicted octanol–water partition coefficient (Wildman–Crippen LogP) is 2.97. The van der Waals surface area contributed by atoms with Gasteiger partial charge in [-0.05, 0) is 19.4 Å². The molecule has 0 aliphatic carbocycles. The summed E-state index contributed by atoms with van der Waals surface area (Å²) in [5.41, 5.74) is 9.29. The Bertz CT molecular complexity index is 526. The van der Waals surface area contributed by atoms with Gasteiger partial charge in [-0.15, -0.1) is 11.8 Å². The fraction of sp³-hybridized carbons (Fsp3) is 0.231. The lowest BCUT2D eigenvalue weighted by molar-refractivity contribution is 1.01. The van der Waals surface area contributed by atoms with Crippen molar-refractivity contribution in [1.29, 1.82) is 0 Å². The molecule has 0 saturated carbocycles. The van der Waals surface area contributed by atoms with Crippen LogP contribution in [0.25, 0.3) is 0 Å². The lowest BCUT2D eigenvalue weighted by atomic mass is 10.2. The van der Waals surface area contributed by atoms with Gasteiger partial charge in [-0.2, -0.15) is 0 Å². The van der Waals surface area contributed by atoms with Crippen LogP contribution in [0, 0.1) is 13.8 Å². The summed E-state index contributed by atoms with van der Waals surface area (Å²) in [6.45, 7) is 4.05. The highest BCUT2D eigenvalue weighted by molar-refractivity contribution is 7.98. The molecule has 0 radical (unpaired) electrons. The predicted molar refractivity (Wildman–Crippen MR) is 71.9 cm³/mol. The summed E-state index contributed by atoms with van der Waals surface area (Å²) in [5.74, 6) is 1.46. The van der Waals surface area contributed by atoms with Gasteiger partial charge >= 0.3 is 0 Å². The summed E-state index contributed by atoms with van der Waals surface area (Å²) < 4.78 is 0. The average Bonchev–Trinajstić information content (AvgIpc) is 2.31. The van der Waals surface area contributed by atoms with Crippen molar-refractivity contribution in [2.75, 3.05) is 5.73 Å². The van der Waals surface area contributed by atoms with Crippen LogP contribution in [0.15, 0.2) is 35.6 Å². The van der Waals surface area contributed by atoms with Crippen LogP contribution < -0.4 is 5.73 Å². The molecular weight excluding hydrogens is 230 g/mol. The molecule has 0 unspecified atom stereocenters. The second kappa shape index (κ2) is 5.19. The molecule has 0 aliphatic rings. The Morgan fingerprint density at radius 1 is 1.24 bits per heavy atom. The molecule has 2 rings (SSSR count). The van der Waals surface area contributed by atoms with Gasteiger partial charge < -0.3 is 5.73 Å². The highest BCUT2D eigenvalue weighted by atomic mass is 32.2. The number of hydrogen-bond donors (Lipinski definition) is 1. The number of aryl methyl sites for hydroxylation is 1. The first-order valence-corrected chi connectivity index (χ1v) is 6.41. The topological polar surface area (TPSA) is 51.8 Å². The van der Waals surface area contributed by atoms with Gasteiger partial charge in [0, 0.05) is 11.3 Å². The van der Waals surface area contributed by atoms with E-state index in [1.807, 2.05) is 6.92 Å². The quantitative estimate of drug-likeness (QED) is 0.667. The first-order chi connectivity index (χ1) is 8.16. The highest BCUT2D eigenvalue weighted by Gasteiger charge is 2.05. The number of nitrogen functional groups attached to an aromatic ring is 1. The Balaban J connectivity index is 2.10. The zero-order chi connectivity index (χ0) is 12.3. The number of benzene rings is 1. The SMILES string of the molecule is Cc1cccc(CSc2ncnc(N)c2C)c1. The van der Waals surface area contributed by atoms with E-state index in [0.717, 1.165) is 16.3 Å². The molecule has 0 spiro atoms. The Morgan fingerprint density at radius 2 is 2.06 bits per heavy atom. The van der Waals surface area contributed by atoms with E-state index in [2.05, 4.69) is 41.2 Å². The zero-order valence-electron chi connectivity index (χ0n) is 9.97. The Hall–Kier alpha value is -1.55. The maximum Gasteiger partial charge on any atom is 0.130 e. The van der Waals surface area contributed by atoms with Gasteiger partial charge in [0.1, 0.15) is 17.2 Å². The molecule has 3 nitrogen and oxygen atoms in total. The van der Waals surface area contributed by atoms with Crippen molar-refractivity contribution < 1.29 is 0 Å². The van der Waals surface area contributed by atoms with Crippen molar-refractivity contribution in [2.45, 2.75) is 24.6 Å². The molecule has 1 aromatic carbocycles. The normalized spacial score (nSPS) is 10.5. The number of anilines is 1. The molecule has 88 valence electrons. The Labute approximate surface area is 105 Å². The van der Waals surface area contributed by atoms with Crippen LogP contribution in [0.1, 0.15) is 16.7 Å². The molecule has 0 amide bonds. The summed E-state index contributed by atoms with van der Waals surface area (Å²) >= 11 is 1.69. The molecule has 17 heavy (non-hydrogen) atoms. The smallest absolute Gasteiger partial charge is 0.130 e. The first-order valence-electron chi connectivity index (χ1n) is 5.42. The van der Waals surface area contributed by atoms with Crippen molar-refractivity contribution in [2.24, 2.45) is 0 Å². The lowest BCUT2D eigenvalue weighted by Crippen LogP contribution is -1.97. The van der Waals surface area contributed by atoms with Gasteiger partial charge in [0.15, 0.2) is 0 Å². The molecule has 0 bridgehead atoms. The van der Waals surface area contributed by atoms with Crippen LogP contribution in [0.5, 0.6) is 0 Å². The first kappa shape index (κ1) is 11.9. The second-order valence-corrected chi connectivity index (χ2v) is 4.93. The Kier molecular flexibility index (Phi) is 3.64. The molecule has 1 heterocycles. The fourth-order valence-electron chi connectivity index (χ4n) is 1.55. The number of aromatic nitrogens is 2. The van der Waals surface area contributed by atoms with Crippen molar-refractivity contribution in [3.05, 3.63) is 47.3 Å². The van der Waals surface area contributed by atoms with Crippen LogP contribution in [0.2, 0.25) is 0 Å². The van der Waals surface area contributed by atoms with Gasteiger partial charge in [0.25, 0.3) is 0 Å². The Morgan fingerprint density at radius 3 is 2.82 bits per heavy atom. The standard InChI is InChI=1S/C13H15N3S/c1-9-4-3-5-11(6-9)7-17-13-10(2)12(14)15-8-16-13/h3-6,8H,7H2,1-2H3,(H2,14,15,16). The number of nitrogens with two attached hydrogens (primary N) is 1. The van der Waals surface area contributed by atoms with Gasteiger partial charge in [-0.25, -0.2) is 9.97 Å². The third-order valence-corrected chi connectivity index (χ3v) is 3.70. The van der Waals surface area contributed by atoms with Gasteiger partial charge in [0.2, 0.25) is 0 Å². The second-order valence-electron chi connectivity index (χ2n) is 3.97. The summed E-state index contributed by atoms with van der Waals surface area (Å²) in [6, 6.07) is 8.49. The van der Waals surface area contributed by atoms with Crippen molar-refractivity contribution >= 4 is 17.6 Å². The molecule has 0 atom stereocenters. The highest BCUT2D eigenvalue weighted by Crippen LogP contribution is 2.25. The minimum Gasteiger partial charge on any atom is -0.383 e. The van der Waals surface area contributed by atoms with Crippen molar-refractivity contribution in [3.8, 4) is 0 Å². The van der Waals surface area contributed by atoms with Crippen LogP contribution in [0.3, 0.4) is 0 Å². The maximum atomic E-state index is 5.75. The molecule has 1 aromatic heterocycles. The van der Waals surface area contributed by atoms with E-state index in [0.29, 0.717) is 5.82 Å². The zero-order valence-corrected chi connectivity index (χ0v) is 10.8. The maximum absolute atomic E-state index is 5.75. The number of hydrogen-bond acceptors (Lipinski definition) is 4. The van der Waals surface area contributed by atoms with Gasteiger partial charge in [-0.1, -0.05) is 29.8 Å². The van der Waals surface area contributed by atoms with E-state index in [-0.39, 0.29) is 0 Å². The summed E-state index contributed by atoms with van der Waals surface area (Å²) in [5, 5.41) is 0.957. The third-order valence-electron chi connectivity index (χ3n) is 2.53. The fourth-order valence-corrected chi connectivity index (χ4v) is 2.47. The van der Waals surface area contributed by atoms with Crippen LogP contribution in [-0.4, -0.2) is 9.97 Å². The molecule has 0 saturated heterocycles. The summed E-state index contributed by atoms with van der Waals surface area (Å²) in [6.07, 6.45) is 1.51. The van der Waals surface area contributed by atoms with Crippen LogP contribution in [0.4, 0.5) is 5.82 Å². The van der Waals surface area contributed by atoms with E-state index in [9.17, 15) is 0 Å². The molecule has 0 fully saturated rings. The molecule has 4 heteroatoms. The largest absolute Gasteiger partial charge is 0.383 e. The molecule has 0 aliphatic heterocycles. The van der Waals surface area contributed by atoms with E-state index in [1.54, 1.807) is 11.8 Å². The van der Waals surface area contributed by atoms with E-state index < -0.39 is 0 Å². The average molecular weight is 245 g/mol. The van der Waals surface area contributed by atoms with Crippen LogP contribution >= 0.6 is 11.8 Å². The van der Waals surface area contributed by atoms with E-state index >= 15 is 0 Å². The van der Waals surface area contributed by atoms with Crippen LogP contribution in [-0.2, 0) is 5.75 Å². The third kappa shape index (κ3) is 2.97.